The highest BCUT2D eigenvalue weighted by Gasteiger charge is 2.30. The van der Waals surface area contributed by atoms with Gasteiger partial charge >= 0.3 is 0 Å². The topological polar surface area (TPSA) is 69.7 Å². The van der Waals surface area contributed by atoms with Crippen LogP contribution in [-0.4, -0.2) is 36.0 Å². The van der Waals surface area contributed by atoms with Crippen molar-refractivity contribution in [2.75, 3.05) is 13.2 Å². The molecule has 0 unspecified atom stereocenters. The number of aliphatic carboxylic acids is 1. The molecule has 1 atom stereocenters. The molecule has 1 fully saturated rings. The van der Waals surface area contributed by atoms with E-state index in [-0.39, 0.29) is 5.91 Å². The standard InChI is InChI=1S/C15H19NO4/c1-2-10-20-12-7-5-11(6-8-12)14(17)16-9-3-4-13(16)15(18)19/h5-8,13H,2-4,9-10H2,1H3,(H,18,19)/p-1/t13-/m1/s1. The third-order valence-corrected chi connectivity index (χ3v) is 3.36. The third-order valence-electron chi connectivity index (χ3n) is 3.36. The number of ether oxygens (including phenoxy) is 1. The van der Waals surface area contributed by atoms with Crippen molar-refractivity contribution in [3.8, 4) is 5.75 Å². The zero-order valence-electron chi connectivity index (χ0n) is 11.5. The highest BCUT2D eigenvalue weighted by molar-refractivity contribution is 5.96. The molecular weight excluding hydrogens is 258 g/mol. The van der Waals surface area contributed by atoms with Crippen molar-refractivity contribution < 1.29 is 19.4 Å². The average Bonchev–Trinajstić information content (AvgIpc) is 2.94. The first-order valence-corrected chi connectivity index (χ1v) is 6.88. The van der Waals surface area contributed by atoms with Crippen molar-refractivity contribution in [3.05, 3.63) is 29.8 Å². The normalized spacial score (nSPS) is 18.1. The van der Waals surface area contributed by atoms with Gasteiger partial charge in [-0.25, -0.2) is 0 Å². The van der Waals surface area contributed by atoms with Gasteiger partial charge in [0.25, 0.3) is 5.91 Å². The Morgan fingerprint density at radius 3 is 2.65 bits per heavy atom. The van der Waals surface area contributed by atoms with E-state index >= 15 is 0 Å². The fourth-order valence-corrected chi connectivity index (χ4v) is 2.33. The number of amides is 1. The molecule has 0 spiro atoms. The molecule has 1 aromatic rings. The van der Waals surface area contributed by atoms with E-state index in [4.69, 9.17) is 4.74 Å². The molecule has 0 N–H and O–H groups in total. The number of nitrogens with zero attached hydrogens (tertiary/aromatic N) is 1. The van der Waals surface area contributed by atoms with Gasteiger partial charge in [-0.1, -0.05) is 6.92 Å². The van der Waals surface area contributed by atoms with Gasteiger partial charge in [0.05, 0.1) is 18.6 Å². The van der Waals surface area contributed by atoms with E-state index in [1.807, 2.05) is 6.92 Å². The van der Waals surface area contributed by atoms with Gasteiger partial charge in [-0.3, -0.25) is 4.79 Å². The van der Waals surface area contributed by atoms with Gasteiger partial charge < -0.3 is 19.5 Å². The van der Waals surface area contributed by atoms with Crippen molar-refractivity contribution in [2.24, 2.45) is 0 Å². The lowest BCUT2D eigenvalue weighted by Gasteiger charge is -2.25. The lowest BCUT2D eigenvalue weighted by Crippen LogP contribution is -2.46. The first-order valence-electron chi connectivity index (χ1n) is 6.88. The Hall–Kier alpha value is -2.04. The second-order valence-electron chi connectivity index (χ2n) is 4.85. The monoisotopic (exact) mass is 276 g/mol. The summed E-state index contributed by atoms with van der Waals surface area (Å²) in [6, 6.07) is 5.98. The average molecular weight is 276 g/mol. The van der Waals surface area contributed by atoms with E-state index in [0.717, 1.165) is 6.42 Å². The summed E-state index contributed by atoms with van der Waals surface area (Å²) in [6.45, 7) is 3.11. The molecule has 0 aromatic heterocycles. The second kappa shape index (κ2) is 6.41. The Balaban J connectivity index is 2.07. The molecular formula is C15H18NO4-. The van der Waals surface area contributed by atoms with E-state index in [1.54, 1.807) is 24.3 Å². The molecule has 1 aliphatic heterocycles. The van der Waals surface area contributed by atoms with Crippen molar-refractivity contribution >= 4 is 11.9 Å². The number of benzene rings is 1. The molecule has 1 amide bonds. The highest BCUT2D eigenvalue weighted by Crippen LogP contribution is 2.21. The molecule has 1 heterocycles. The first kappa shape index (κ1) is 14.4. The maximum absolute atomic E-state index is 12.3. The molecule has 1 saturated heterocycles. The minimum atomic E-state index is -1.18. The van der Waals surface area contributed by atoms with Crippen molar-refractivity contribution in [3.63, 3.8) is 0 Å². The maximum Gasteiger partial charge on any atom is 0.254 e. The molecule has 0 bridgehead atoms. The minimum Gasteiger partial charge on any atom is -0.548 e. The van der Waals surface area contributed by atoms with Crippen LogP contribution < -0.4 is 9.84 Å². The first-order chi connectivity index (χ1) is 9.63. The zero-order chi connectivity index (χ0) is 14.5. The quantitative estimate of drug-likeness (QED) is 0.798. The number of likely N-dealkylation sites (tertiary alicyclic amines) is 1. The lowest BCUT2D eigenvalue weighted by atomic mass is 10.1. The summed E-state index contributed by atoms with van der Waals surface area (Å²) in [5, 5.41) is 11.0. The van der Waals surface area contributed by atoms with Crippen LogP contribution in [0.15, 0.2) is 24.3 Å². The SMILES string of the molecule is CCCOc1ccc(C(=O)N2CCC[C@@H]2C(=O)[O-])cc1. The molecule has 0 saturated carbocycles. The smallest absolute Gasteiger partial charge is 0.254 e. The van der Waals surface area contributed by atoms with Gasteiger partial charge in [-0.2, -0.15) is 0 Å². The van der Waals surface area contributed by atoms with E-state index < -0.39 is 12.0 Å². The van der Waals surface area contributed by atoms with Crippen LogP contribution in [-0.2, 0) is 4.79 Å². The van der Waals surface area contributed by atoms with Crippen LogP contribution in [0.4, 0.5) is 0 Å². The van der Waals surface area contributed by atoms with E-state index in [9.17, 15) is 14.7 Å². The van der Waals surface area contributed by atoms with Crippen LogP contribution in [0.2, 0.25) is 0 Å². The summed E-state index contributed by atoms with van der Waals surface area (Å²) in [4.78, 5) is 24.6. The summed E-state index contributed by atoms with van der Waals surface area (Å²) in [6.07, 6.45) is 2.08. The molecule has 5 nitrogen and oxygen atoms in total. The molecule has 2 rings (SSSR count). The van der Waals surface area contributed by atoms with Crippen LogP contribution in [0.1, 0.15) is 36.5 Å². The van der Waals surface area contributed by atoms with E-state index in [1.165, 1.54) is 4.90 Å². The van der Waals surface area contributed by atoms with Gasteiger partial charge in [0.2, 0.25) is 0 Å². The summed E-state index contributed by atoms with van der Waals surface area (Å²) < 4.78 is 5.45. The Labute approximate surface area is 118 Å². The van der Waals surface area contributed by atoms with Gasteiger partial charge in [-0.05, 0) is 43.5 Å². The molecule has 20 heavy (non-hydrogen) atoms. The molecule has 5 heteroatoms. The summed E-state index contributed by atoms with van der Waals surface area (Å²) in [5.41, 5.74) is 0.474. The van der Waals surface area contributed by atoms with E-state index in [2.05, 4.69) is 0 Å². The third kappa shape index (κ3) is 3.10. The van der Waals surface area contributed by atoms with Crippen LogP contribution in [0, 0.1) is 0 Å². The van der Waals surface area contributed by atoms with Crippen LogP contribution >= 0.6 is 0 Å². The predicted octanol–water partition coefficient (Wildman–Crippen LogP) is 0.830. The number of carboxylic acid groups (broad SMARTS) is 1. The van der Waals surface area contributed by atoms with Crippen molar-refractivity contribution in [1.82, 2.24) is 4.90 Å². The van der Waals surface area contributed by atoms with Gasteiger partial charge in [0.1, 0.15) is 5.75 Å². The molecule has 1 aliphatic rings. The van der Waals surface area contributed by atoms with Crippen molar-refractivity contribution in [1.29, 1.82) is 0 Å². The minimum absolute atomic E-state index is 0.265. The Kier molecular flexibility index (Phi) is 4.61. The molecule has 1 aromatic carbocycles. The Morgan fingerprint density at radius 1 is 1.35 bits per heavy atom. The zero-order valence-corrected chi connectivity index (χ0v) is 11.5. The van der Waals surface area contributed by atoms with Crippen molar-refractivity contribution in [2.45, 2.75) is 32.2 Å². The van der Waals surface area contributed by atoms with Crippen LogP contribution in [0.5, 0.6) is 5.75 Å². The second-order valence-corrected chi connectivity index (χ2v) is 4.85. The summed E-state index contributed by atoms with van der Waals surface area (Å²) in [7, 11) is 0. The van der Waals surface area contributed by atoms with Crippen LogP contribution in [0.3, 0.4) is 0 Å². The van der Waals surface area contributed by atoms with Gasteiger partial charge in [0, 0.05) is 12.1 Å². The summed E-state index contributed by atoms with van der Waals surface area (Å²) in [5.74, 6) is -0.737. The fourth-order valence-electron chi connectivity index (χ4n) is 2.33. The van der Waals surface area contributed by atoms with Gasteiger partial charge in [-0.15, -0.1) is 0 Å². The molecule has 0 aliphatic carbocycles. The Morgan fingerprint density at radius 2 is 2.05 bits per heavy atom. The number of hydrogen-bond acceptors (Lipinski definition) is 4. The number of hydrogen-bond donors (Lipinski definition) is 0. The lowest BCUT2D eigenvalue weighted by molar-refractivity contribution is -0.310. The number of rotatable bonds is 5. The number of carboxylic acids is 1. The highest BCUT2D eigenvalue weighted by atomic mass is 16.5. The summed E-state index contributed by atoms with van der Waals surface area (Å²) >= 11 is 0. The fraction of sp³-hybridized carbons (Fsp3) is 0.467. The van der Waals surface area contributed by atoms with Crippen LogP contribution in [0.25, 0.3) is 0 Å². The predicted molar refractivity (Wildman–Crippen MR) is 71.3 cm³/mol. The maximum atomic E-state index is 12.3. The number of carbonyl (C=O) groups is 2. The molecule has 108 valence electrons. The Bertz CT molecular complexity index is 483. The van der Waals surface area contributed by atoms with E-state index in [0.29, 0.717) is 37.3 Å². The number of carbonyl (C=O) groups excluding carboxylic acids is 2. The largest absolute Gasteiger partial charge is 0.548 e. The molecule has 0 radical (unpaired) electrons. The van der Waals surface area contributed by atoms with Gasteiger partial charge in [0.15, 0.2) is 0 Å².